The van der Waals surface area contributed by atoms with Crippen LogP contribution in [0.15, 0.2) is 47.0 Å². The number of ether oxygens (including phenoxy) is 1. The maximum Gasteiger partial charge on any atom is 0.398 e. The van der Waals surface area contributed by atoms with Gasteiger partial charge < -0.3 is 20.5 Å². The van der Waals surface area contributed by atoms with Crippen LogP contribution in [0, 0.1) is 11.7 Å². The lowest BCUT2D eigenvalue weighted by atomic mass is 9.80. The number of carboxylic acids is 1. The number of nitrogens with zero attached hydrogens (tertiary/aromatic N) is 2. The summed E-state index contributed by atoms with van der Waals surface area (Å²) in [6.45, 7) is 1.53. The number of hydrogen-bond acceptors (Lipinski definition) is 5. The number of aromatic carboxylic acids is 1. The molecule has 45 heavy (non-hydrogen) atoms. The van der Waals surface area contributed by atoms with E-state index in [1.807, 2.05) is 0 Å². The van der Waals surface area contributed by atoms with E-state index < -0.39 is 35.2 Å². The van der Waals surface area contributed by atoms with Crippen molar-refractivity contribution in [1.29, 1.82) is 0 Å². The minimum atomic E-state index is -4.62. The van der Waals surface area contributed by atoms with Crippen LogP contribution in [0.25, 0.3) is 5.70 Å². The third kappa shape index (κ3) is 5.52. The summed E-state index contributed by atoms with van der Waals surface area (Å²) in [7, 11) is 0. The second-order valence-corrected chi connectivity index (χ2v) is 12.7. The number of allylic oxidation sites excluding steroid dienone is 1. The highest BCUT2D eigenvalue weighted by Crippen LogP contribution is 2.60. The fourth-order valence-corrected chi connectivity index (χ4v) is 7.04. The van der Waals surface area contributed by atoms with Crippen LogP contribution in [0.2, 0.25) is 5.02 Å². The van der Waals surface area contributed by atoms with Crippen molar-refractivity contribution in [3.05, 3.63) is 75.1 Å². The molecule has 1 unspecified atom stereocenters. The highest BCUT2D eigenvalue weighted by Gasteiger charge is 2.65. The molecule has 2 aliphatic heterocycles. The molecule has 6 rings (SSSR count). The third-order valence-corrected chi connectivity index (χ3v) is 9.75. The Labute approximate surface area is 260 Å². The van der Waals surface area contributed by atoms with Crippen molar-refractivity contribution in [2.45, 2.75) is 62.1 Å². The van der Waals surface area contributed by atoms with Crippen LogP contribution in [-0.4, -0.2) is 65.0 Å². The van der Waals surface area contributed by atoms with Gasteiger partial charge in [0.05, 0.1) is 40.4 Å². The number of halogens is 5. The summed E-state index contributed by atoms with van der Waals surface area (Å²) in [4.78, 5) is 44.5. The lowest BCUT2D eigenvalue weighted by molar-refractivity contribution is -0.162. The first-order valence-electron chi connectivity index (χ1n) is 14.7. The summed E-state index contributed by atoms with van der Waals surface area (Å²) in [6.07, 6.45) is -2.88. The van der Waals surface area contributed by atoms with Crippen molar-refractivity contribution in [2.24, 2.45) is 16.6 Å². The lowest BCUT2D eigenvalue weighted by Gasteiger charge is -2.48. The Kier molecular flexibility index (Phi) is 7.80. The molecule has 0 bridgehead atoms. The Morgan fingerprint density at radius 1 is 1.11 bits per heavy atom. The highest BCUT2D eigenvalue weighted by atomic mass is 35.5. The number of nitrogens with two attached hydrogens (primary N) is 1. The molecule has 4 fully saturated rings. The molecule has 2 aromatic rings. The van der Waals surface area contributed by atoms with Gasteiger partial charge >= 0.3 is 12.1 Å². The normalized spacial score (nSPS) is 24.0. The van der Waals surface area contributed by atoms with Gasteiger partial charge in [0.2, 0.25) is 5.91 Å². The number of carbonyl (C=O) groups excluding carboxylic acids is 2. The minimum Gasteiger partial charge on any atom is -0.478 e. The number of aliphatic imine (C=N–C) groups is 1. The zero-order valence-corrected chi connectivity index (χ0v) is 24.8. The van der Waals surface area contributed by atoms with Gasteiger partial charge in [0.1, 0.15) is 11.4 Å². The van der Waals surface area contributed by atoms with E-state index in [0.29, 0.717) is 26.1 Å². The lowest BCUT2D eigenvalue weighted by Crippen LogP contribution is -2.64. The molecule has 13 heteroatoms. The van der Waals surface area contributed by atoms with E-state index >= 15 is 4.39 Å². The Morgan fingerprint density at radius 2 is 1.84 bits per heavy atom. The summed E-state index contributed by atoms with van der Waals surface area (Å²) in [5.41, 5.74) is 2.97. The standard InChI is InChI=1S/C32H30ClF4N3O5/c33-22-4-1-3-21(31(10-11-31)32(35,36)37)25(22)27(41)39-24-14-17(28(42)40-15-30(16-40)9-2-12-45-30)5-8-20(24)26(38)19-7-6-18(29(43)44)13-23(19)34/h1,3-4,6-7,13,17H,2,5,8-12,14-16,38H2,(H,43,44). The Morgan fingerprint density at radius 3 is 2.44 bits per heavy atom. The maximum absolute atomic E-state index is 15.1. The molecular weight excluding hydrogens is 618 g/mol. The van der Waals surface area contributed by atoms with Gasteiger partial charge in [-0.15, -0.1) is 0 Å². The van der Waals surface area contributed by atoms with E-state index in [-0.39, 0.29) is 81.4 Å². The van der Waals surface area contributed by atoms with Crippen LogP contribution in [0.4, 0.5) is 17.6 Å². The molecule has 2 saturated carbocycles. The minimum absolute atomic E-state index is 0.0406. The zero-order valence-electron chi connectivity index (χ0n) is 24.1. The SMILES string of the molecule is NC(=C1CCC(C(=O)N2CC3(CCCO3)C2)CC1=NC(=O)c1c(Cl)cccc1C1(C(F)(F)F)CC1)c1ccc(C(=O)O)cc1F. The Balaban J connectivity index is 1.38. The molecule has 2 aliphatic carbocycles. The molecule has 4 aliphatic rings. The van der Waals surface area contributed by atoms with E-state index in [2.05, 4.69) is 4.99 Å². The number of likely N-dealkylation sites (tertiary alicyclic amines) is 1. The molecule has 1 spiro atoms. The zero-order chi connectivity index (χ0) is 32.3. The summed E-state index contributed by atoms with van der Waals surface area (Å²) in [6, 6.07) is 7.08. The van der Waals surface area contributed by atoms with Gasteiger partial charge in [0.15, 0.2) is 0 Å². The molecule has 0 radical (unpaired) electrons. The van der Waals surface area contributed by atoms with Crippen molar-refractivity contribution >= 4 is 40.8 Å². The molecule has 8 nitrogen and oxygen atoms in total. The predicted octanol–water partition coefficient (Wildman–Crippen LogP) is 5.91. The van der Waals surface area contributed by atoms with Crippen LogP contribution in [0.1, 0.15) is 76.8 Å². The average Bonchev–Trinajstić information content (AvgIpc) is 3.65. The quantitative estimate of drug-likeness (QED) is 0.389. The van der Waals surface area contributed by atoms with Crippen molar-refractivity contribution in [2.75, 3.05) is 19.7 Å². The third-order valence-electron chi connectivity index (χ3n) is 9.44. The number of amides is 2. The van der Waals surface area contributed by atoms with E-state index in [9.17, 15) is 32.7 Å². The number of benzene rings is 2. The van der Waals surface area contributed by atoms with Gasteiger partial charge in [-0.2, -0.15) is 13.2 Å². The molecule has 0 aromatic heterocycles. The highest BCUT2D eigenvalue weighted by molar-refractivity contribution is 6.34. The summed E-state index contributed by atoms with van der Waals surface area (Å²) < 4.78 is 63.2. The number of hydrogen-bond donors (Lipinski definition) is 2. The number of carboxylic acid groups (broad SMARTS) is 1. The second kappa shape index (κ2) is 11.2. The molecule has 2 saturated heterocycles. The first kappa shape index (κ1) is 31.2. The molecule has 238 valence electrons. The number of alkyl halides is 3. The van der Waals surface area contributed by atoms with Crippen LogP contribution >= 0.6 is 11.6 Å². The number of carbonyl (C=O) groups is 3. The van der Waals surface area contributed by atoms with Crippen molar-refractivity contribution < 1.29 is 41.8 Å². The van der Waals surface area contributed by atoms with E-state index in [1.165, 1.54) is 30.3 Å². The maximum atomic E-state index is 15.1. The van der Waals surface area contributed by atoms with Gasteiger partial charge in [0.25, 0.3) is 5.91 Å². The van der Waals surface area contributed by atoms with Crippen LogP contribution in [0.5, 0.6) is 0 Å². The molecule has 2 aromatic carbocycles. The summed E-state index contributed by atoms with van der Waals surface area (Å²) >= 11 is 6.32. The van der Waals surface area contributed by atoms with Gasteiger partial charge in [-0.3, -0.25) is 9.59 Å². The monoisotopic (exact) mass is 647 g/mol. The van der Waals surface area contributed by atoms with Crippen LogP contribution in [0.3, 0.4) is 0 Å². The topological polar surface area (TPSA) is 122 Å². The molecule has 2 heterocycles. The summed E-state index contributed by atoms with van der Waals surface area (Å²) in [5.74, 6) is -4.05. The summed E-state index contributed by atoms with van der Waals surface area (Å²) in [5, 5.41) is 9.02. The largest absolute Gasteiger partial charge is 0.478 e. The van der Waals surface area contributed by atoms with E-state index in [1.54, 1.807) is 4.90 Å². The number of rotatable bonds is 5. The Hall–Kier alpha value is -3.77. The fraction of sp³-hybridized carbons (Fsp3) is 0.438. The molecule has 3 N–H and O–H groups in total. The first-order valence-corrected chi connectivity index (χ1v) is 15.1. The van der Waals surface area contributed by atoms with Crippen molar-refractivity contribution in [3.8, 4) is 0 Å². The van der Waals surface area contributed by atoms with Gasteiger partial charge in [-0.25, -0.2) is 14.2 Å². The Bertz CT molecular complexity index is 1650. The van der Waals surface area contributed by atoms with Gasteiger partial charge in [0, 0.05) is 30.2 Å². The first-order chi connectivity index (χ1) is 21.3. The molecule has 1 atom stereocenters. The molecule has 2 amide bonds. The van der Waals surface area contributed by atoms with E-state index in [4.69, 9.17) is 22.1 Å². The van der Waals surface area contributed by atoms with Crippen LogP contribution < -0.4 is 5.73 Å². The second-order valence-electron chi connectivity index (χ2n) is 12.3. The fourth-order valence-electron chi connectivity index (χ4n) is 6.78. The van der Waals surface area contributed by atoms with E-state index in [0.717, 1.165) is 18.9 Å². The van der Waals surface area contributed by atoms with Gasteiger partial charge in [-0.1, -0.05) is 23.7 Å². The smallest absolute Gasteiger partial charge is 0.398 e. The van der Waals surface area contributed by atoms with Crippen LogP contribution in [-0.2, 0) is 14.9 Å². The molecular formula is C32H30ClF4N3O5. The predicted molar refractivity (Wildman–Crippen MR) is 156 cm³/mol. The van der Waals surface area contributed by atoms with Crippen molar-refractivity contribution in [3.63, 3.8) is 0 Å². The average molecular weight is 648 g/mol. The van der Waals surface area contributed by atoms with Gasteiger partial charge in [-0.05, 0) is 73.9 Å². The van der Waals surface area contributed by atoms with Crippen molar-refractivity contribution in [1.82, 2.24) is 4.90 Å².